The number of carbonyl (C=O) groups excluding carboxylic acids is 1. The van der Waals surface area contributed by atoms with E-state index in [1.165, 1.54) is 0 Å². The van der Waals surface area contributed by atoms with Gasteiger partial charge in [0.2, 0.25) is 5.91 Å². The molecular weight excluding hydrogens is 354 g/mol. The Labute approximate surface area is 157 Å². The van der Waals surface area contributed by atoms with Crippen molar-refractivity contribution in [2.75, 3.05) is 18.5 Å². The predicted molar refractivity (Wildman–Crippen MR) is 104 cm³/mol. The van der Waals surface area contributed by atoms with Crippen molar-refractivity contribution in [2.24, 2.45) is 10.9 Å². The number of anilines is 1. The summed E-state index contributed by atoms with van der Waals surface area (Å²) in [6.07, 6.45) is -0.0943. The average Bonchev–Trinajstić information content (AvgIpc) is 2.59. The molecule has 0 heterocycles. The lowest BCUT2D eigenvalue weighted by molar-refractivity contribution is -0.115. The number of hydrogen-bond donors (Lipinski definition) is 2. The Morgan fingerprint density at radius 3 is 2.50 bits per heavy atom. The molecule has 0 bridgehead atoms. The second-order valence-electron chi connectivity index (χ2n) is 5.69. The second-order valence-corrected chi connectivity index (χ2v) is 6.10. The molecular formula is C19H22ClN3O3. The maximum Gasteiger partial charge on any atom is 0.232 e. The zero-order valence-electron chi connectivity index (χ0n) is 14.8. The van der Waals surface area contributed by atoms with Crippen LogP contribution in [0.1, 0.15) is 17.5 Å². The smallest absolute Gasteiger partial charge is 0.232 e. The van der Waals surface area contributed by atoms with Gasteiger partial charge in [-0.25, -0.2) is 0 Å². The Hall–Kier alpha value is -2.73. The molecule has 0 aliphatic carbocycles. The van der Waals surface area contributed by atoms with Crippen LogP contribution in [0.3, 0.4) is 0 Å². The third-order valence-electron chi connectivity index (χ3n) is 3.50. The van der Waals surface area contributed by atoms with Crippen LogP contribution in [-0.4, -0.2) is 25.0 Å². The van der Waals surface area contributed by atoms with Crippen molar-refractivity contribution < 1.29 is 14.4 Å². The number of amides is 1. The number of nitrogens with two attached hydrogens (primary N) is 1. The Kier molecular flexibility index (Phi) is 7.29. The lowest BCUT2D eigenvalue weighted by Gasteiger charge is -2.11. The van der Waals surface area contributed by atoms with Gasteiger partial charge in [-0.2, -0.15) is 0 Å². The first kappa shape index (κ1) is 19.6. The van der Waals surface area contributed by atoms with Gasteiger partial charge in [-0.15, -0.1) is 0 Å². The van der Waals surface area contributed by atoms with E-state index in [2.05, 4.69) is 10.5 Å². The number of amidine groups is 1. The van der Waals surface area contributed by atoms with Crippen LogP contribution in [-0.2, 0) is 9.63 Å². The molecule has 7 heteroatoms. The summed E-state index contributed by atoms with van der Waals surface area (Å²) < 4.78 is 5.69. The fraction of sp³-hybridized carbons (Fsp3) is 0.263. The molecule has 6 nitrogen and oxygen atoms in total. The van der Waals surface area contributed by atoms with E-state index in [4.69, 9.17) is 26.9 Å². The van der Waals surface area contributed by atoms with Gasteiger partial charge in [0.25, 0.3) is 0 Å². The van der Waals surface area contributed by atoms with Crippen molar-refractivity contribution in [1.82, 2.24) is 0 Å². The quantitative estimate of drug-likeness (QED) is 0.319. The normalized spacial score (nSPS) is 11.1. The van der Waals surface area contributed by atoms with Crippen molar-refractivity contribution in [2.45, 2.75) is 20.3 Å². The number of carbonyl (C=O) groups is 1. The van der Waals surface area contributed by atoms with Gasteiger partial charge in [0.15, 0.2) is 6.61 Å². The van der Waals surface area contributed by atoms with Gasteiger partial charge in [-0.1, -0.05) is 47.1 Å². The van der Waals surface area contributed by atoms with Crippen molar-refractivity contribution in [3.63, 3.8) is 0 Å². The van der Waals surface area contributed by atoms with Gasteiger partial charge >= 0.3 is 0 Å². The number of halogens is 1. The minimum absolute atomic E-state index is 0.0709. The van der Waals surface area contributed by atoms with Crippen LogP contribution in [0.25, 0.3) is 0 Å². The SMILES string of the molecule is Cc1cccc(C)c1OCCO/N=C(/N)CC(=O)Nc1ccccc1Cl. The highest BCUT2D eigenvalue weighted by Gasteiger charge is 2.08. The third-order valence-corrected chi connectivity index (χ3v) is 3.83. The summed E-state index contributed by atoms with van der Waals surface area (Å²) in [5.74, 6) is 0.587. The fourth-order valence-electron chi connectivity index (χ4n) is 2.29. The Morgan fingerprint density at radius 1 is 1.12 bits per heavy atom. The minimum atomic E-state index is -0.324. The number of nitrogens with zero attached hydrogens (tertiary/aromatic N) is 1. The number of rotatable bonds is 8. The van der Waals surface area contributed by atoms with E-state index in [1.807, 2.05) is 32.0 Å². The van der Waals surface area contributed by atoms with E-state index in [0.717, 1.165) is 16.9 Å². The number of aryl methyl sites for hydroxylation is 2. The molecule has 0 spiro atoms. The highest BCUT2D eigenvalue weighted by Crippen LogP contribution is 2.22. The maximum absolute atomic E-state index is 11.9. The van der Waals surface area contributed by atoms with E-state index < -0.39 is 0 Å². The molecule has 2 aromatic carbocycles. The molecule has 0 unspecified atom stereocenters. The van der Waals surface area contributed by atoms with Crippen LogP contribution in [0.5, 0.6) is 5.75 Å². The zero-order chi connectivity index (χ0) is 18.9. The molecule has 3 N–H and O–H groups in total. The standard InChI is InChI=1S/C19H22ClN3O3/c1-13-6-5-7-14(2)19(13)25-10-11-26-23-17(21)12-18(24)22-16-9-4-3-8-15(16)20/h3-9H,10-12H2,1-2H3,(H2,21,23)(H,22,24). The van der Waals surface area contributed by atoms with Crippen LogP contribution in [0.4, 0.5) is 5.69 Å². The monoisotopic (exact) mass is 375 g/mol. The Morgan fingerprint density at radius 2 is 1.81 bits per heavy atom. The van der Waals surface area contributed by atoms with Crippen LogP contribution < -0.4 is 15.8 Å². The minimum Gasteiger partial charge on any atom is -0.489 e. The van der Waals surface area contributed by atoms with Crippen LogP contribution >= 0.6 is 11.6 Å². The fourth-order valence-corrected chi connectivity index (χ4v) is 2.47. The van der Waals surface area contributed by atoms with E-state index in [0.29, 0.717) is 17.3 Å². The van der Waals surface area contributed by atoms with E-state index in [1.54, 1.807) is 24.3 Å². The highest BCUT2D eigenvalue weighted by atomic mass is 35.5. The molecule has 2 aromatic rings. The molecule has 0 atom stereocenters. The van der Waals surface area contributed by atoms with Crippen molar-refractivity contribution in [1.29, 1.82) is 0 Å². The maximum atomic E-state index is 11.9. The summed E-state index contributed by atoms with van der Waals surface area (Å²) in [5, 5.41) is 6.84. The summed E-state index contributed by atoms with van der Waals surface area (Å²) in [6, 6.07) is 12.9. The summed E-state index contributed by atoms with van der Waals surface area (Å²) in [7, 11) is 0. The number of para-hydroxylation sites is 2. The number of hydrogen-bond acceptors (Lipinski definition) is 4. The van der Waals surface area contributed by atoms with Crippen molar-refractivity contribution in [3.05, 3.63) is 58.6 Å². The van der Waals surface area contributed by atoms with E-state index in [-0.39, 0.29) is 24.8 Å². The van der Waals surface area contributed by atoms with E-state index in [9.17, 15) is 4.79 Å². The third kappa shape index (κ3) is 5.97. The molecule has 138 valence electrons. The molecule has 0 fully saturated rings. The predicted octanol–water partition coefficient (Wildman–Crippen LogP) is 3.65. The molecule has 0 radical (unpaired) electrons. The van der Waals surface area contributed by atoms with Gasteiger partial charge in [0, 0.05) is 0 Å². The number of benzene rings is 2. The van der Waals surface area contributed by atoms with E-state index >= 15 is 0 Å². The zero-order valence-corrected chi connectivity index (χ0v) is 15.5. The van der Waals surface area contributed by atoms with Gasteiger partial charge in [0.05, 0.1) is 17.1 Å². The van der Waals surface area contributed by atoms with Crippen molar-refractivity contribution >= 4 is 29.0 Å². The summed E-state index contributed by atoms with van der Waals surface area (Å²) in [5.41, 5.74) is 8.34. The molecule has 0 aliphatic rings. The van der Waals surface area contributed by atoms with Gasteiger partial charge < -0.3 is 20.6 Å². The van der Waals surface area contributed by atoms with Crippen molar-refractivity contribution in [3.8, 4) is 5.75 Å². The first-order chi connectivity index (χ1) is 12.5. The van der Waals surface area contributed by atoms with Gasteiger partial charge in [0.1, 0.15) is 18.2 Å². The summed E-state index contributed by atoms with van der Waals surface area (Å²) in [4.78, 5) is 17.0. The molecule has 0 aliphatic heterocycles. The summed E-state index contributed by atoms with van der Waals surface area (Å²) in [6.45, 7) is 4.52. The lowest BCUT2D eigenvalue weighted by atomic mass is 10.1. The van der Waals surface area contributed by atoms with Crippen LogP contribution in [0.2, 0.25) is 5.02 Å². The number of ether oxygens (including phenoxy) is 1. The summed E-state index contributed by atoms with van der Waals surface area (Å²) >= 11 is 5.98. The molecule has 0 saturated carbocycles. The molecule has 1 amide bonds. The number of oxime groups is 1. The van der Waals surface area contributed by atoms with Gasteiger partial charge in [-0.05, 0) is 37.1 Å². The van der Waals surface area contributed by atoms with Crippen LogP contribution in [0, 0.1) is 13.8 Å². The topological polar surface area (TPSA) is 85.9 Å². The largest absolute Gasteiger partial charge is 0.489 e. The highest BCUT2D eigenvalue weighted by molar-refractivity contribution is 6.33. The number of nitrogens with one attached hydrogen (secondary N) is 1. The Balaban J connectivity index is 1.73. The van der Waals surface area contributed by atoms with Gasteiger partial charge in [-0.3, -0.25) is 4.79 Å². The Bertz CT molecular complexity index is 773. The van der Waals surface area contributed by atoms with Crippen LogP contribution in [0.15, 0.2) is 47.6 Å². The molecule has 26 heavy (non-hydrogen) atoms. The second kappa shape index (κ2) is 9.68. The first-order valence-electron chi connectivity index (χ1n) is 8.15. The molecule has 2 rings (SSSR count). The average molecular weight is 376 g/mol. The molecule has 0 saturated heterocycles. The molecule has 0 aromatic heterocycles. The first-order valence-corrected chi connectivity index (χ1v) is 8.53. The lowest BCUT2D eigenvalue weighted by Crippen LogP contribution is -2.22.